The molecule has 116 valence electrons. The number of carbonyl (C=O) groups is 2. The van der Waals surface area contributed by atoms with Crippen molar-refractivity contribution in [3.63, 3.8) is 0 Å². The minimum Gasteiger partial charge on any atom is -0.456 e. The molecule has 21 heavy (non-hydrogen) atoms. The van der Waals surface area contributed by atoms with E-state index < -0.39 is 46.1 Å². The van der Waals surface area contributed by atoms with E-state index in [2.05, 4.69) is 6.58 Å². The highest BCUT2D eigenvalue weighted by Crippen LogP contribution is 2.55. The predicted octanol–water partition coefficient (Wildman–Crippen LogP) is 0.00240. The Morgan fingerprint density at radius 1 is 1.43 bits per heavy atom. The maximum Gasteiger partial charge on any atom is 0.344 e. The van der Waals surface area contributed by atoms with Crippen LogP contribution >= 0.6 is 11.8 Å². The van der Waals surface area contributed by atoms with Crippen molar-refractivity contribution in [2.24, 2.45) is 0 Å². The Balaban J connectivity index is 1.59. The highest BCUT2D eigenvalue weighted by atomic mass is 32.2. The Bertz CT molecular complexity index is 609. The second kappa shape index (κ2) is 4.99. The number of hydrogen-bond donors (Lipinski definition) is 0. The lowest BCUT2D eigenvalue weighted by atomic mass is 9.94. The Morgan fingerprint density at radius 2 is 2.14 bits per heavy atom. The van der Waals surface area contributed by atoms with Gasteiger partial charge in [0, 0.05) is 10.8 Å². The molecule has 0 spiro atoms. The molecule has 7 nitrogen and oxygen atoms in total. The number of thioether (sulfide) groups is 1. The molecule has 9 heteroatoms. The van der Waals surface area contributed by atoms with E-state index in [9.17, 15) is 18.0 Å². The monoisotopic (exact) mass is 334 g/mol. The van der Waals surface area contributed by atoms with E-state index in [1.165, 1.54) is 18.7 Å². The Hall–Kier alpha value is -1.06. The van der Waals surface area contributed by atoms with Gasteiger partial charge in [0.25, 0.3) is 10.1 Å². The first kappa shape index (κ1) is 14.9. The van der Waals surface area contributed by atoms with Crippen molar-refractivity contribution in [1.82, 2.24) is 0 Å². The zero-order chi connectivity index (χ0) is 15.4. The number of esters is 2. The smallest absolute Gasteiger partial charge is 0.344 e. The zero-order valence-electron chi connectivity index (χ0n) is 11.2. The Labute approximate surface area is 126 Å². The SMILES string of the molecule is C=C(C)C(=O)OCC(=O)O[C@H]1C2OS(=O)(=O)C3CC2SC31. The van der Waals surface area contributed by atoms with Gasteiger partial charge < -0.3 is 9.47 Å². The molecule has 4 saturated heterocycles. The lowest BCUT2D eigenvalue weighted by Gasteiger charge is -2.38. The van der Waals surface area contributed by atoms with Crippen LogP contribution in [-0.4, -0.2) is 54.9 Å². The average molecular weight is 334 g/mol. The maximum absolute atomic E-state index is 11.7. The van der Waals surface area contributed by atoms with Crippen molar-refractivity contribution in [1.29, 1.82) is 0 Å². The molecule has 0 amide bonds. The van der Waals surface area contributed by atoms with Gasteiger partial charge in [0.1, 0.15) is 17.5 Å². The molecule has 0 aliphatic carbocycles. The first-order chi connectivity index (χ1) is 9.79. The molecule has 4 bridgehead atoms. The first-order valence-corrected chi connectivity index (χ1v) is 8.80. The quantitative estimate of drug-likeness (QED) is 0.403. The highest BCUT2D eigenvalue weighted by molar-refractivity contribution is 8.03. The van der Waals surface area contributed by atoms with Gasteiger partial charge in [-0.05, 0) is 13.3 Å². The molecule has 0 saturated carbocycles. The summed E-state index contributed by atoms with van der Waals surface area (Å²) < 4.78 is 38.5. The van der Waals surface area contributed by atoms with Crippen LogP contribution in [0.2, 0.25) is 0 Å². The molecule has 4 rings (SSSR count). The molecule has 4 heterocycles. The van der Waals surface area contributed by atoms with Gasteiger partial charge in [-0.1, -0.05) is 6.58 Å². The lowest BCUT2D eigenvalue weighted by Crippen LogP contribution is -2.57. The standard InChI is InChI=1S/C12H14O7S2/c1-5(2)12(14)17-4-8(13)18-10-9-6-3-7(11(10)20-6)21(15,16)19-9/h6-7,9-11H,1,3-4H2,2H3/t6?,7?,9?,10-,11?/m0/s1. The summed E-state index contributed by atoms with van der Waals surface area (Å²) in [7, 11) is -3.55. The van der Waals surface area contributed by atoms with Crippen LogP contribution in [0.3, 0.4) is 0 Å². The van der Waals surface area contributed by atoms with Gasteiger partial charge in [-0.2, -0.15) is 8.42 Å². The van der Waals surface area contributed by atoms with Gasteiger partial charge in [0.15, 0.2) is 6.61 Å². The first-order valence-electron chi connectivity index (χ1n) is 6.39. The molecular formula is C12H14O7S2. The van der Waals surface area contributed by atoms with Gasteiger partial charge in [-0.15, -0.1) is 11.8 Å². The topological polar surface area (TPSA) is 96.0 Å². The van der Waals surface area contributed by atoms with Crippen LogP contribution < -0.4 is 0 Å². The third-order valence-electron chi connectivity index (χ3n) is 3.73. The number of ether oxygens (including phenoxy) is 2. The molecular weight excluding hydrogens is 320 g/mol. The van der Waals surface area contributed by atoms with Crippen molar-refractivity contribution in [2.45, 2.75) is 41.3 Å². The van der Waals surface area contributed by atoms with Crippen molar-refractivity contribution in [2.75, 3.05) is 6.61 Å². The van der Waals surface area contributed by atoms with Gasteiger partial charge >= 0.3 is 11.9 Å². The lowest BCUT2D eigenvalue weighted by molar-refractivity contribution is -0.165. The minimum absolute atomic E-state index is 0.0410. The van der Waals surface area contributed by atoms with E-state index in [0.29, 0.717) is 6.42 Å². The molecule has 0 aromatic carbocycles. The summed E-state index contributed by atoms with van der Waals surface area (Å²) >= 11 is 1.49. The third-order valence-corrected chi connectivity index (χ3v) is 7.34. The molecule has 4 aliphatic heterocycles. The van der Waals surface area contributed by atoms with E-state index >= 15 is 0 Å². The average Bonchev–Trinajstić information content (AvgIpc) is 2.93. The Morgan fingerprint density at radius 3 is 2.76 bits per heavy atom. The molecule has 0 aromatic heterocycles. The fourth-order valence-corrected chi connectivity index (χ4v) is 6.95. The second-order valence-corrected chi connectivity index (χ2v) is 8.48. The van der Waals surface area contributed by atoms with E-state index in [1.54, 1.807) is 0 Å². The van der Waals surface area contributed by atoms with Crippen molar-refractivity contribution < 1.29 is 31.7 Å². The number of hydrogen-bond acceptors (Lipinski definition) is 8. The van der Waals surface area contributed by atoms with Crippen LogP contribution in [0.25, 0.3) is 0 Å². The van der Waals surface area contributed by atoms with E-state index in [1.807, 2.05) is 0 Å². The van der Waals surface area contributed by atoms with Crippen LogP contribution in [0.15, 0.2) is 12.2 Å². The number of rotatable bonds is 4. The Kier molecular flexibility index (Phi) is 3.53. The summed E-state index contributed by atoms with van der Waals surface area (Å²) in [5.74, 6) is -1.39. The number of fused-ring (bicyclic) bond motifs is 1. The summed E-state index contributed by atoms with van der Waals surface area (Å²) in [5, 5.41) is -0.868. The molecule has 4 aliphatic rings. The van der Waals surface area contributed by atoms with Crippen molar-refractivity contribution in [3.05, 3.63) is 12.2 Å². The van der Waals surface area contributed by atoms with E-state index in [4.69, 9.17) is 13.7 Å². The molecule has 0 N–H and O–H groups in total. The van der Waals surface area contributed by atoms with Crippen molar-refractivity contribution in [3.8, 4) is 0 Å². The molecule has 4 unspecified atom stereocenters. The third kappa shape index (κ3) is 2.47. The normalized spacial score (nSPS) is 38.2. The van der Waals surface area contributed by atoms with Gasteiger partial charge in [-0.25, -0.2) is 9.59 Å². The second-order valence-electron chi connectivity index (χ2n) is 5.28. The molecule has 4 fully saturated rings. The summed E-state index contributed by atoms with van der Waals surface area (Å²) in [6, 6.07) is 0. The fraction of sp³-hybridized carbons (Fsp3) is 0.667. The van der Waals surface area contributed by atoms with Crippen LogP contribution in [0.1, 0.15) is 13.3 Å². The summed E-state index contributed by atoms with van der Waals surface area (Å²) in [6.45, 7) is 4.35. The fourth-order valence-electron chi connectivity index (χ4n) is 2.80. The highest BCUT2D eigenvalue weighted by Gasteiger charge is 2.66. The van der Waals surface area contributed by atoms with Crippen LogP contribution in [0.4, 0.5) is 0 Å². The van der Waals surface area contributed by atoms with Crippen LogP contribution in [0.5, 0.6) is 0 Å². The molecule has 0 radical (unpaired) electrons. The number of carbonyl (C=O) groups excluding carboxylic acids is 2. The van der Waals surface area contributed by atoms with Crippen molar-refractivity contribution >= 4 is 33.8 Å². The summed E-state index contributed by atoms with van der Waals surface area (Å²) in [6.07, 6.45) is -0.685. The van der Waals surface area contributed by atoms with Crippen LogP contribution in [-0.2, 0) is 33.4 Å². The predicted molar refractivity (Wildman–Crippen MR) is 73.0 cm³/mol. The van der Waals surface area contributed by atoms with Gasteiger partial charge in [0.05, 0.1) is 5.25 Å². The van der Waals surface area contributed by atoms with E-state index in [-0.39, 0.29) is 16.1 Å². The molecule has 0 aromatic rings. The van der Waals surface area contributed by atoms with Crippen LogP contribution in [0, 0.1) is 0 Å². The van der Waals surface area contributed by atoms with Gasteiger partial charge in [-0.3, -0.25) is 4.18 Å². The minimum atomic E-state index is -3.55. The summed E-state index contributed by atoms with van der Waals surface area (Å²) in [4.78, 5) is 22.9. The van der Waals surface area contributed by atoms with E-state index in [0.717, 1.165) is 0 Å². The molecule has 5 atom stereocenters. The largest absolute Gasteiger partial charge is 0.456 e. The van der Waals surface area contributed by atoms with Gasteiger partial charge in [0.2, 0.25) is 0 Å². The zero-order valence-corrected chi connectivity index (χ0v) is 12.8. The summed E-state index contributed by atoms with van der Waals surface area (Å²) in [5.41, 5.74) is 0.187. The maximum atomic E-state index is 11.7.